The minimum atomic E-state index is -0.00738. The Balaban J connectivity index is 2.03. The van der Waals surface area contributed by atoms with Gasteiger partial charge in [-0.25, -0.2) is 0 Å². The van der Waals surface area contributed by atoms with Crippen molar-refractivity contribution in [1.82, 2.24) is 14.4 Å². The summed E-state index contributed by atoms with van der Waals surface area (Å²) in [7, 11) is 3.61. The Hall–Kier alpha value is -1.82. The molecule has 146 valence electrons. The van der Waals surface area contributed by atoms with Gasteiger partial charge in [-0.05, 0) is 31.4 Å². The zero-order valence-electron chi connectivity index (χ0n) is 16.4. The van der Waals surface area contributed by atoms with Gasteiger partial charge in [0.15, 0.2) is 0 Å². The van der Waals surface area contributed by atoms with Gasteiger partial charge in [-0.15, -0.1) is 0 Å². The van der Waals surface area contributed by atoms with Crippen LogP contribution in [0, 0.1) is 5.92 Å². The van der Waals surface area contributed by atoms with Crippen LogP contribution in [0.4, 0.5) is 0 Å². The van der Waals surface area contributed by atoms with Gasteiger partial charge in [0.1, 0.15) is 0 Å². The molecule has 1 aliphatic rings. The van der Waals surface area contributed by atoms with E-state index >= 15 is 0 Å². The number of methoxy groups -OCH3 is 1. The summed E-state index contributed by atoms with van der Waals surface area (Å²) in [4.78, 5) is 29.2. The lowest BCUT2D eigenvalue weighted by atomic mass is 9.84. The topological polar surface area (TPSA) is 54.8 Å². The van der Waals surface area contributed by atoms with Crippen LogP contribution in [-0.4, -0.2) is 59.5 Å². The van der Waals surface area contributed by atoms with E-state index in [9.17, 15) is 9.59 Å². The van der Waals surface area contributed by atoms with Gasteiger partial charge in [-0.2, -0.15) is 0 Å². The minimum absolute atomic E-state index is 0.00738. The molecule has 1 saturated carbocycles. The summed E-state index contributed by atoms with van der Waals surface area (Å²) >= 11 is 0. The van der Waals surface area contributed by atoms with Gasteiger partial charge < -0.3 is 19.1 Å². The van der Waals surface area contributed by atoms with Gasteiger partial charge in [0.05, 0.1) is 19.7 Å². The number of aromatic nitrogens is 1. The molecule has 2 amide bonds. The molecule has 0 saturated heterocycles. The van der Waals surface area contributed by atoms with Crippen LogP contribution in [0.2, 0.25) is 0 Å². The van der Waals surface area contributed by atoms with Crippen LogP contribution < -0.4 is 0 Å². The molecule has 1 heterocycles. The molecule has 0 spiro atoms. The van der Waals surface area contributed by atoms with E-state index in [0.29, 0.717) is 26.2 Å². The Bertz CT molecular complexity index is 581. The zero-order chi connectivity index (χ0) is 18.9. The van der Waals surface area contributed by atoms with Crippen LogP contribution in [-0.2, 0) is 27.9 Å². The number of unbranched alkanes of at least 4 members (excludes halogenated alkanes) is 1. The van der Waals surface area contributed by atoms with E-state index in [4.69, 9.17) is 4.74 Å². The molecule has 6 heteroatoms. The van der Waals surface area contributed by atoms with Gasteiger partial charge in [-0.1, -0.05) is 19.8 Å². The Labute approximate surface area is 157 Å². The van der Waals surface area contributed by atoms with E-state index in [0.717, 1.165) is 37.8 Å². The maximum absolute atomic E-state index is 13.0. The highest BCUT2D eigenvalue weighted by molar-refractivity contribution is 5.86. The van der Waals surface area contributed by atoms with Crippen molar-refractivity contribution < 1.29 is 14.3 Å². The number of hydrogen-bond donors (Lipinski definition) is 0. The number of carbonyl (C=O) groups excluding carboxylic acids is 2. The predicted octanol–water partition coefficient (Wildman–Crippen LogP) is 2.43. The van der Waals surface area contributed by atoms with Crippen molar-refractivity contribution in [3.05, 3.63) is 24.0 Å². The fourth-order valence-electron chi connectivity index (χ4n) is 3.14. The van der Waals surface area contributed by atoms with E-state index in [2.05, 4.69) is 6.92 Å². The second-order valence-electron chi connectivity index (χ2n) is 7.16. The number of nitrogens with zero attached hydrogens (tertiary/aromatic N) is 3. The van der Waals surface area contributed by atoms with Gasteiger partial charge >= 0.3 is 0 Å². The summed E-state index contributed by atoms with van der Waals surface area (Å²) in [5.74, 6) is 0.274. The van der Waals surface area contributed by atoms with Gasteiger partial charge in [0, 0.05) is 45.1 Å². The molecule has 1 aromatic heterocycles. The monoisotopic (exact) mass is 363 g/mol. The maximum Gasteiger partial charge on any atom is 0.242 e. The Morgan fingerprint density at radius 3 is 2.58 bits per heavy atom. The summed E-state index contributed by atoms with van der Waals surface area (Å²) in [6.07, 6.45) is 6.97. The molecule has 0 unspecified atom stereocenters. The third kappa shape index (κ3) is 5.59. The molecular formula is C20H33N3O3. The first-order valence-electron chi connectivity index (χ1n) is 9.72. The van der Waals surface area contributed by atoms with E-state index in [-0.39, 0.29) is 24.3 Å². The minimum Gasteiger partial charge on any atom is -0.383 e. The molecule has 1 aliphatic carbocycles. The van der Waals surface area contributed by atoms with Crippen molar-refractivity contribution in [2.45, 2.75) is 45.6 Å². The van der Waals surface area contributed by atoms with Gasteiger partial charge in [-0.3, -0.25) is 9.59 Å². The summed E-state index contributed by atoms with van der Waals surface area (Å²) in [6.45, 7) is 4.49. The summed E-state index contributed by atoms with van der Waals surface area (Å²) in [5.41, 5.74) is 1.07. The second kappa shape index (κ2) is 10.4. The third-order valence-corrected chi connectivity index (χ3v) is 5.20. The molecule has 2 rings (SSSR count). The number of amides is 2. The lowest BCUT2D eigenvalue weighted by Gasteiger charge is -2.33. The van der Waals surface area contributed by atoms with Gasteiger partial charge in [0.2, 0.25) is 11.8 Å². The van der Waals surface area contributed by atoms with Crippen molar-refractivity contribution in [2.24, 2.45) is 13.0 Å². The molecule has 1 aromatic rings. The van der Waals surface area contributed by atoms with Crippen molar-refractivity contribution in [3.63, 3.8) is 0 Å². The standard InChI is InChI=1S/C20H33N3O3/c1-4-5-12-23(20(25)17-8-6-9-17)16-19(24)22(13-14-26-3)15-18-10-7-11-21(18)2/h7,10-11,17H,4-6,8-9,12-16H2,1-3H3. The van der Waals surface area contributed by atoms with Crippen molar-refractivity contribution in [3.8, 4) is 0 Å². The van der Waals surface area contributed by atoms with Crippen LogP contribution in [0.15, 0.2) is 18.3 Å². The number of hydrogen-bond acceptors (Lipinski definition) is 3. The van der Waals surface area contributed by atoms with E-state index in [1.807, 2.05) is 29.9 Å². The van der Waals surface area contributed by atoms with Crippen LogP contribution in [0.3, 0.4) is 0 Å². The molecule has 6 nitrogen and oxygen atoms in total. The van der Waals surface area contributed by atoms with Crippen LogP contribution in [0.5, 0.6) is 0 Å². The van der Waals surface area contributed by atoms with E-state index < -0.39 is 0 Å². The van der Waals surface area contributed by atoms with Crippen molar-refractivity contribution in [2.75, 3.05) is 33.4 Å². The number of aryl methyl sites for hydroxylation is 1. The smallest absolute Gasteiger partial charge is 0.242 e. The molecular weight excluding hydrogens is 330 g/mol. The highest BCUT2D eigenvalue weighted by Gasteiger charge is 2.31. The molecule has 0 radical (unpaired) electrons. The highest BCUT2D eigenvalue weighted by atomic mass is 16.5. The largest absolute Gasteiger partial charge is 0.383 e. The number of rotatable bonds is 11. The molecule has 26 heavy (non-hydrogen) atoms. The molecule has 0 atom stereocenters. The van der Waals surface area contributed by atoms with Crippen LogP contribution >= 0.6 is 0 Å². The second-order valence-corrected chi connectivity index (χ2v) is 7.16. The third-order valence-electron chi connectivity index (χ3n) is 5.20. The first-order chi connectivity index (χ1) is 12.6. The average Bonchev–Trinajstić information content (AvgIpc) is 2.98. The molecule has 0 N–H and O–H groups in total. The normalized spacial score (nSPS) is 14.1. The predicted molar refractivity (Wildman–Crippen MR) is 102 cm³/mol. The maximum atomic E-state index is 13.0. The van der Waals surface area contributed by atoms with Crippen LogP contribution in [0.25, 0.3) is 0 Å². The SMILES string of the molecule is CCCCN(CC(=O)N(CCOC)Cc1cccn1C)C(=O)C1CCC1. The number of ether oxygens (including phenoxy) is 1. The average molecular weight is 364 g/mol. The first-order valence-corrected chi connectivity index (χ1v) is 9.72. The zero-order valence-corrected chi connectivity index (χ0v) is 16.4. The molecule has 1 fully saturated rings. The quantitative estimate of drug-likeness (QED) is 0.607. The van der Waals surface area contributed by atoms with Gasteiger partial charge in [0.25, 0.3) is 0 Å². The lowest BCUT2D eigenvalue weighted by molar-refractivity contribution is -0.145. The fourth-order valence-corrected chi connectivity index (χ4v) is 3.14. The van der Waals surface area contributed by atoms with Crippen molar-refractivity contribution >= 4 is 11.8 Å². The van der Waals surface area contributed by atoms with Crippen molar-refractivity contribution in [1.29, 1.82) is 0 Å². The molecule has 0 bridgehead atoms. The Kier molecular flexibility index (Phi) is 8.16. The summed E-state index contributed by atoms with van der Waals surface area (Å²) < 4.78 is 7.19. The Morgan fingerprint density at radius 1 is 1.27 bits per heavy atom. The highest BCUT2D eigenvalue weighted by Crippen LogP contribution is 2.28. The molecule has 0 aliphatic heterocycles. The van der Waals surface area contributed by atoms with Crippen LogP contribution in [0.1, 0.15) is 44.7 Å². The lowest BCUT2D eigenvalue weighted by Crippen LogP contribution is -2.47. The van der Waals surface area contributed by atoms with E-state index in [1.54, 1.807) is 16.9 Å². The fraction of sp³-hybridized carbons (Fsp3) is 0.700. The van der Waals surface area contributed by atoms with E-state index in [1.165, 1.54) is 0 Å². The summed E-state index contributed by atoms with van der Waals surface area (Å²) in [6, 6.07) is 3.99. The molecule has 0 aromatic carbocycles. The summed E-state index contributed by atoms with van der Waals surface area (Å²) in [5, 5.41) is 0. The number of carbonyl (C=O) groups is 2. The Morgan fingerprint density at radius 2 is 2.04 bits per heavy atom. The first kappa shape index (κ1) is 20.5.